The molecule has 0 radical (unpaired) electrons. The van der Waals surface area contributed by atoms with E-state index in [1.165, 1.54) is 5.56 Å². The fourth-order valence-corrected chi connectivity index (χ4v) is 3.94. The van der Waals surface area contributed by atoms with Crippen molar-refractivity contribution >= 4 is 35.8 Å². The molecule has 1 fully saturated rings. The van der Waals surface area contributed by atoms with E-state index in [1.807, 2.05) is 49.1 Å². The van der Waals surface area contributed by atoms with Crippen molar-refractivity contribution < 1.29 is 9.53 Å². The Morgan fingerprint density at radius 1 is 1.00 bits per heavy atom. The Bertz CT molecular complexity index is 864. The minimum absolute atomic E-state index is 0. The lowest BCUT2D eigenvalue weighted by atomic mass is 10.1. The number of carbonyl (C=O) groups is 1. The smallest absolute Gasteiger partial charge is 0.254 e. The molecule has 180 valence electrons. The van der Waals surface area contributed by atoms with Crippen LogP contribution in [0.25, 0.3) is 0 Å². The van der Waals surface area contributed by atoms with Gasteiger partial charge in [-0.15, -0.1) is 24.0 Å². The number of nitrogens with one attached hydrogen (secondary N) is 2. The lowest BCUT2D eigenvalue weighted by Gasteiger charge is -2.35. The summed E-state index contributed by atoms with van der Waals surface area (Å²) in [5.74, 6) is 0.882. The third-order valence-corrected chi connectivity index (χ3v) is 5.45. The minimum atomic E-state index is 0. The lowest BCUT2D eigenvalue weighted by molar-refractivity contribution is -0.0586. The van der Waals surface area contributed by atoms with Crippen LogP contribution in [0.15, 0.2) is 59.6 Å². The first-order valence-corrected chi connectivity index (χ1v) is 11.6. The normalized spacial score (nSPS) is 18.4. The molecule has 33 heavy (non-hydrogen) atoms. The summed E-state index contributed by atoms with van der Waals surface area (Å²) in [4.78, 5) is 19.4. The molecule has 3 rings (SSSR count). The van der Waals surface area contributed by atoms with E-state index in [-0.39, 0.29) is 42.1 Å². The van der Waals surface area contributed by atoms with E-state index in [0.717, 1.165) is 37.5 Å². The van der Waals surface area contributed by atoms with Crippen LogP contribution in [0.5, 0.6) is 0 Å². The second-order valence-corrected chi connectivity index (χ2v) is 8.38. The quantitative estimate of drug-likeness (QED) is 0.218. The minimum Gasteiger partial charge on any atom is -0.372 e. The van der Waals surface area contributed by atoms with Crippen molar-refractivity contribution in [2.24, 2.45) is 4.99 Å². The van der Waals surface area contributed by atoms with Gasteiger partial charge in [0.05, 0.1) is 18.8 Å². The SMILES string of the molecule is CCNC(=NCc1ccc(C(=O)N2CC(C)OC(C)C2)cc1)NCCCc1ccccc1.I. The molecule has 2 aromatic carbocycles. The van der Waals surface area contributed by atoms with Crippen LogP contribution in [-0.2, 0) is 17.7 Å². The molecule has 2 aromatic rings. The molecule has 1 heterocycles. The summed E-state index contributed by atoms with van der Waals surface area (Å²) in [7, 11) is 0. The van der Waals surface area contributed by atoms with E-state index in [4.69, 9.17) is 9.73 Å². The Hall–Kier alpha value is -2.13. The zero-order chi connectivity index (χ0) is 22.8. The molecule has 1 aliphatic rings. The largest absolute Gasteiger partial charge is 0.372 e. The zero-order valence-corrected chi connectivity index (χ0v) is 22.3. The summed E-state index contributed by atoms with van der Waals surface area (Å²) in [6.45, 7) is 9.60. The number of aryl methyl sites for hydroxylation is 1. The Morgan fingerprint density at radius 3 is 2.30 bits per heavy atom. The molecular formula is C26H37IN4O2. The van der Waals surface area contributed by atoms with Gasteiger partial charge in [0.15, 0.2) is 5.96 Å². The number of guanidine groups is 1. The van der Waals surface area contributed by atoms with Crippen LogP contribution in [0.4, 0.5) is 0 Å². The number of amides is 1. The molecule has 2 N–H and O–H groups in total. The van der Waals surface area contributed by atoms with Gasteiger partial charge >= 0.3 is 0 Å². The Labute approximate surface area is 215 Å². The molecule has 1 saturated heterocycles. The number of morpholine rings is 1. The number of nitrogens with zero attached hydrogens (tertiary/aromatic N) is 2. The van der Waals surface area contributed by atoms with Gasteiger partial charge in [-0.2, -0.15) is 0 Å². The number of hydrogen-bond donors (Lipinski definition) is 2. The molecule has 0 aromatic heterocycles. The maximum atomic E-state index is 12.8. The Balaban J connectivity index is 0.00000385. The molecule has 7 heteroatoms. The average Bonchev–Trinajstić information content (AvgIpc) is 2.80. The first-order chi connectivity index (χ1) is 15.5. The number of carbonyl (C=O) groups excluding carboxylic acids is 1. The molecule has 6 nitrogen and oxygen atoms in total. The van der Waals surface area contributed by atoms with Gasteiger partial charge in [0.2, 0.25) is 0 Å². The number of hydrogen-bond acceptors (Lipinski definition) is 3. The molecule has 0 aliphatic carbocycles. The molecule has 0 bridgehead atoms. The molecule has 1 aliphatic heterocycles. The summed E-state index contributed by atoms with van der Waals surface area (Å²) >= 11 is 0. The van der Waals surface area contributed by atoms with Gasteiger partial charge in [-0.25, -0.2) is 4.99 Å². The highest BCUT2D eigenvalue weighted by atomic mass is 127. The number of benzene rings is 2. The van der Waals surface area contributed by atoms with E-state index in [9.17, 15) is 4.79 Å². The van der Waals surface area contributed by atoms with Crippen molar-refractivity contribution in [3.63, 3.8) is 0 Å². The highest BCUT2D eigenvalue weighted by molar-refractivity contribution is 14.0. The monoisotopic (exact) mass is 564 g/mol. The third-order valence-electron chi connectivity index (χ3n) is 5.45. The van der Waals surface area contributed by atoms with Crippen molar-refractivity contribution in [2.75, 3.05) is 26.2 Å². The van der Waals surface area contributed by atoms with Crippen LogP contribution in [0.1, 0.15) is 48.7 Å². The number of aliphatic imine (C=N–C) groups is 1. The van der Waals surface area contributed by atoms with Gasteiger partial charge in [-0.1, -0.05) is 42.5 Å². The van der Waals surface area contributed by atoms with Crippen LogP contribution >= 0.6 is 24.0 Å². The summed E-state index contributed by atoms with van der Waals surface area (Å²) in [6.07, 6.45) is 2.23. The van der Waals surface area contributed by atoms with Gasteiger partial charge in [0.1, 0.15) is 0 Å². The molecule has 0 spiro atoms. The van der Waals surface area contributed by atoms with E-state index in [2.05, 4.69) is 41.8 Å². The lowest BCUT2D eigenvalue weighted by Crippen LogP contribution is -2.48. The van der Waals surface area contributed by atoms with Crippen molar-refractivity contribution in [3.8, 4) is 0 Å². The molecule has 1 amide bonds. The van der Waals surface area contributed by atoms with Crippen molar-refractivity contribution in [1.82, 2.24) is 15.5 Å². The third kappa shape index (κ3) is 8.97. The van der Waals surface area contributed by atoms with Gasteiger partial charge in [-0.05, 0) is 56.9 Å². The van der Waals surface area contributed by atoms with Crippen LogP contribution < -0.4 is 10.6 Å². The second-order valence-electron chi connectivity index (χ2n) is 8.38. The first kappa shape index (κ1) is 27.1. The molecule has 0 saturated carbocycles. The van der Waals surface area contributed by atoms with Gasteiger partial charge in [-0.3, -0.25) is 4.79 Å². The molecular weight excluding hydrogens is 527 g/mol. The summed E-state index contributed by atoms with van der Waals surface area (Å²) in [5, 5.41) is 6.71. The zero-order valence-electron chi connectivity index (χ0n) is 19.9. The summed E-state index contributed by atoms with van der Waals surface area (Å²) in [6, 6.07) is 18.3. The Morgan fingerprint density at radius 2 is 1.67 bits per heavy atom. The van der Waals surface area contributed by atoms with Gasteiger partial charge < -0.3 is 20.3 Å². The van der Waals surface area contributed by atoms with E-state index in [1.54, 1.807) is 0 Å². The fourth-order valence-electron chi connectivity index (χ4n) is 3.94. The highest BCUT2D eigenvalue weighted by Crippen LogP contribution is 2.15. The van der Waals surface area contributed by atoms with Crippen molar-refractivity contribution in [3.05, 3.63) is 71.3 Å². The Kier molecular flexibility index (Phi) is 11.7. The van der Waals surface area contributed by atoms with Crippen molar-refractivity contribution in [2.45, 2.75) is 52.4 Å². The maximum Gasteiger partial charge on any atom is 0.254 e. The van der Waals surface area contributed by atoms with Gasteiger partial charge in [0, 0.05) is 31.7 Å². The topological polar surface area (TPSA) is 66.0 Å². The molecule has 2 atom stereocenters. The number of rotatable bonds is 8. The van der Waals surface area contributed by atoms with Gasteiger partial charge in [0.25, 0.3) is 5.91 Å². The summed E-state index contributed by atoms with van der Waals surface area (Å²) in [5.41, 5.74) is 3.14. The predicted octanol–water partition coefficient (Wildman–Crippen LogP) is 4.24. The van der Waals surface area contributed by atoms with Crippen LogP contribution in [0.3, 0.4) is 0 Å². The first-order valence-electron chi connectivity index (χ1n) is 11.6. The van der Waals surface area contributed by atoms with E-state index in [0.29, 0.717) is 25.2 Å². The maximum absolute atomic E-state index is 12.8. The van der Waals surface area contributed by atoms with E-state index < -0.39 is 0 Å². The van der Waals surface area contributed by atoms with Crippen molar-refractivity contribution in [1.29, 1.82) is 0 Å². The van der Waals surface area contributed by atoms with E-state index >= 15 is 0 Å². The highest BCUT2D eigenvalue weighted by Gasteiger charge is 2.26. The average molecular weight is 565 g/mol. The second kappa shape index (κ2) is 14.2. The van der Waals surface area contributed by atoms with Crippen LogP contribution in [-0.4, -0.2) is 55.2 Å². The van der Waals surface area contributed by atoms with Crippen LogP contribution in [0, 0.1) is 0 Å². The number of ether oxygens (including phenoxy) is 1. The molecule has 2 unspecified atom stereocenters. The standard InChI is InChI=1S/C26H36N4O2.HI/c1-4-27-26(28-16-8-11-22-9-6-5-7-10-22)29-17-23-12-14-24(15-13-23)25(31)30-18-20(2)32-21(3)19-30;/h5-7,9-10,12-15,20-21H,4,8,11,16-19H2,1-3H3,(H2,27,28,29);1H. The fraction of sp³-hybridized carbons (Fsp3) is 0.462. The number of halogens is 1. The van der Waals surface area contributed by atoms with Crippen LogP contribution in [0.2, 0.25) is 0 Å². The predicted molar refractivity (Wildman–Crippen MR) is 145 cm³/mol. The summed E-state index contributed by atoms with van der Waals surface area (Å²) < 4.78 is 5.73.